The van der Waals surface area contributed by atoms with Crippen LogP contribution in [0, 0.1) is 0 Å². The molecular formula is C49H91O13P. The van der Waals surface area contributed by atoms with Crippen molar-refractivity contribution in [1.29, 1.82) is 0 Å². The number of carbonyl (C=O) groups excluding carboxylic acids is 2. The number of carbonyl (C=O) groups is 2. The lowest BCUT2D eigenvalue weighted by atomic mass is 9.85. The molecule has 6 unspecified atom stereocenters. The molecule has 0 spiro atoms. The van der Waals surface area contributed by atoms with Crippen LogP contribution in [0.2, 0.25) is 0 Å². The van der Waals surface area contributed by atoms with Crippen LogP contribution in [0.15, 0.2) is 24.3 Å². The molecule has 14 heteroatoms. The molecule has 0 heterocycles. The molecule has 0 aromatic carbocycles. The number of rotatable bonds is 42. The van der Waals surface area contributed by atoms with Crippen LogP contribution in [0.5, 0.6) is 0 Å². The highest BCUT2D eigenvalue weighted by atomic mass is 31.2. The Labute approximate surface area is 381 Å². The second-order valence-corrected chi connectivity index (χ2v) is 19.1. The Kier molecular flexibility index (Phi) is 37.2. The zero-order chi connectivity index (χ0) is 46.4. The molecule has 1 aliphatic rings. The number of unbranched alkanes of at least 4 members (excludes halogenated alkanes) is 26. The van der Waals surface area contributed by atoms with E-state index in [0.717, 1.165) is 77.0 Å². The summed E-state index contributed by atoms with van der Waals surface area (Å²) in [6.45, 7) is 3.30. The van der Waals surface area contributed by atoms with Crippen molar-refractivity contribution in [2.24, 2.45) is 0 Å². The van der Waals surface area contributed by atoms with Crippen LogP contribution in [0.1, 0.15) is 219 Å². The van der Waals surface area contributed by atoms with E-state index in [9.17, 15) is 44.6 Å². The quantitative estimate of drug-likeness (QED) is 0.0146. The van der Waals surface area contributed by atoms with Gasteiger partial charge >= 0.3 is 19.8 Å². The monoisotopic (exact) mass is 919 g/mol. The average Bonchev–Trinajstić information content (AvgIpc) is 3.26. The molecular weight excluding hydrogens is 828 g/mol. The summed E-state index contributed by atoms with van der Waals surface area (Å²) in [7, 11) is -5.12. The highest BCUT2D eigenvalue weighted by Crippen LogP contribution is 2.47. The van der Waals surface area contributed by atoms with Crippen LogP contribution >= 0.6 is 7.82 Å². The third-order valence-corrected chi connectivity index (χ3v) is 12.8. The fraction of sp³-hybridized carbons (Fsp3) is 0.878. The van der Waals surface area contributed by atoms with E-state index in [1.165, 1.54) is 103 Å². The maximum Gasteiger partial charge on any atom is 0.472 e. The Bertz CT molecular complexity index is 1200. The van der Waals surface area contributed by atoms with Gasteiger partial charge in [0.25, 0.3) is 0 Å². The Balaban J connectivity index is 2.41. The van der Waals surface area contributed by atoms with Gasteiger partial charge in [0.15, 0.2) is 6.10 Å². The lowest BCUT2D eigenvalue weighted by molar-refractivity contribution is -0.220. The molecule has 63 heavy (non-hydrogen) atoms. The lowest BCUT2D eigenvalue weighted by Crippen LogP contribution is -2.64. The van der Waals surface area contributed by atoms with E-state index in [0.29, 0.717) is 12.8 Å². The summed E-state index contributed by atoms with van der Waals surface area (Å²) in [6, 6.07) is 0. The largest absolute Gasteiger partial charge is 0.472 e. The van der Waals surface area contributed by atoms with Gasteiger partial charge in [-0.2, -0.15) is 0 Å². The second kappa shape index (κ2) is 39.5. The van der Waals surface area contributed by atoms with Gasteiger partial charge in [-0.1, -0.05) is 186 Å². The van der Waals surface area contributed by atoms with Gasteiger partial charge in [-0.3, -0.25) is 18.6 Å². The predicted molar refractivity (Wildman–Crippen MR) is 249 cm³/mol. The maximum atomic E-state index is 12.8. The molecule has 1 fully saturated rings. The van der Waals surface area contributed by atoms with Crippen LogP contribution in [-0.4, -0.2) is 98.3 Å². The Morgan fingerprint density at radius 3 is 1.32 bits per heavy atom. The first-order chi connectivity index (χ1) is 30.4. The Morgan fingerprint density at radius 2 is 0.857 bits per heavy atom. The molecule has 0 aromatic heterocycles. The SMILES string of the molecule is CCCCC/C=C\C/C=C\CCCCCCCCCC(=O)O[C@H](COC(=O)CCCCCCCCCCCCCCCCCCC)COP(=O)(O)OC1C(O)C(O)C(O)[C@@H](O)C1O. The van der Waals surface area contributed by atoms with E-state index in [-0.39, 0.29) is 12.8 Å². The molecule has 1 rings (SSSR count). The summed E-state index contributed by atoms with van der Waals surface area (Å²) in [5.74, 6) is -1.10. The number of aliphatic hydroxyl groups excluding tert-OH is 5. The van der Waals surface area contributed by atoms with E-state index < -0.39 is 75.7 Å². The van der Waals surface area contributed by atoms with E-state index in [1.54, 1.807) is 0 Å². The molecule has 0 aliphatic heterocycles. The standard InChI is InChI=1S/C49H91O13P/c1-3-5-7-9-11-13-15-17-19-21-23-25-27-29-31-33-35-37-42(50)59-39-41(40-60-63(57,58)62-49-47(55)45(53)44(52)46(54)48(49)56)61-43(51)38-36-34-32-30-28-26-24-22-20-18-16-14-12-10-8-6-4-2/h12,14,18,20,41,44-49,52-56H,3-11,13,15-17,19,21-40H2,1-2H3,(H,57,58)/b14-12-,20-18-/t41-,44?,45-,46?,47?,48?,49?/m1/s1. The summed E-state index contributed by atoms with van der Waals surface area (Å²) in [5, 5.41) is 50.2. The van der Waals surface area contributed by atoms with E-state index in [2.05, 4.69) is 38.2 Å². The zero-order valence-corrected chi connectivity index (χ0v) is 40.3. The molecule has 0 amide bonds. The van der Waals surface area contributed by atoms with Gasteiger partial charge in [-0.25, -0.2) is 4.57 Å². The topological polar surface area (TPSA) is 210 Å². The molecule has 0 radical (unpaired) electrons. The second-order valence-electron chi connectivity index (χ2n) is 17.7. The van der Waals surface area contributed by atoms with Crippen molar-refractivity contribution in [3.63, 3.8) is 0 Å². The van der Waals surface area contributed by atoms with Crippen molar-refractivity contribution >= 4 is 19.8 Å². The highest BCUT2D eigenvalue weighted by molar-refractivity contribution is 7.47. The minimum absolute atomic E-state index is 0.0907. The summed E-state index contributed by atoms with van der Waals surface area (Å²) >= 11 is 0. The average molecular weight is 919 g/mol. The molecule has 6 N–H and O–H groups in total. The fourth-order valence-electron chi connectivity index (χ4n) is 7.73. The fourth-order valence-corrected chi connectivity index (χ4v) is 8.70. The molecule has 13 nitrogen and oxygen atoms in total. The molecule has 370 valence electrons. The number of esters is 2. The smallest absolute Gasteiger partial charge is 0.462 e. The number of phosphoric acid groups is 1. The van der Waals surface area contributed by atoms with Crippen molar-refractivity contribution in [3.8, 4) is 0 Å². The van der Waals surface area contributed by atoms with Crippen LogP contribution in [0.4, 0.5) is 0 Å². The molecule has 0 aromatic rings. The normalized spacial score (nSPS) is 21.8. The van der Waals surface area contributed by atoms with Gasteiger partial charge in [0.1, 0.15) is 43.2 Å². The number of phosphoric ester groups is 1. The van der Waals surface area contributed by atoms with Gasteiger partial charge in [0, 0.05) is 12.8 Å². The predicted octanol–water partition coefficient (Wildman–Crippen LogP) is 10.4. The summed E-state index contributed by atoms with van der Waals surface area (Å²) in [4.78, 5) is 35.8. The number of hydrogen-bond donors (Lipinski definition) is 6. The van der Waals surface area contributed by atoms with Crippen LogP contribution < -0.4 is 0 Å². The summed E-state index contributed by atoms with van der Waals surface area (Å²) in [6.07, 6.45) is 30.8. The van der Waals surface area contributed by atoms with Crippen molar-refractivity contribution in [1.82, 2.24) is 0 Å². The lowest BCUT2D eigenvalue weighted by Gasteiger charge is -2.41. The Hall–Kier alpha value is -1.67. The van der Waals surface area contributed by atoms with Crippen molar-refractivity contribution in [2.75, 3.05) is 13.2 Å². The first-order valence-electron chi connectivity index (χ1n) is 25.1. The van der Waals surface area contributed by atoms with Gasteiger partial charge in [0.05, 0.1) is 6.61 Å². The van der Waals surface area contributed by atoms with Crippen LogP contribution in [0.3, 0.4) is 0 Å². The third-order valence-electron chi connectivity index (χ3n) is 11.8. The first-order valence-corrected chi connectivity index (χ1v) is 26.6. The molecule has 1 aliphatic carbocycles. The summed E-state index contributed by atoms with van der Waals surface area (Å²) < 4.78 is 33.6. The number of aliphatic hydroxyl groups is 5. The van der Waals surface area contributed by atoms with E-state index in [1.807, 2.05) is 0 Å². The minimum Gasteiger partial charge on any atom is -0.462 e. The Morgan fingerprint density at radius 1 is 0.492 bits per heavy atom. The van der Waals surface area contributed by atoms with E-state index >= 15 is 0 Å². The molecule has 1 saturated carbocycles. The van der Waals surface area contributed by atoms with Crippen molar-refractivity contribution < 1.29 is 63.1 Å². The highest BCUT2D eigenvalue weighted by Gasteiger charge is 2.51. The van der Waals surface area contributed by atoms with E-state index in [4.69, 9.17) is 18.5 Å². The van der Waals surface area contributed by atoms with Crippen molar-refractivity contribution in [2.45, 2.75) is 262 Å². The summed E-state index contributed by atoms with van der Waals surface area (Å²) in [5.41, 5.74) is 0. The zero-order valence-electron chi connectivity index (χ0n) is 39.4. The van der Waals surface area contributed by atoms with Gasteiger partial charge in [-0.05, 0) is 44.9 Å². The number of hydrogen-bond acceptors (Lipinski definition) is 12. The van der Waals surface area contributed by atoms with Gasteiger partial charge in [-0.15, -0.1) is 0 Å². The number of allylic oxidation sites excluding steroid dienone is 4. The van der Waals surface area contributed by atoms with Gasteiger partial charge < -0.3 is 39.9 Å². The van der Waals surface area contributed by atoms with Crippen molar-refractivity contribution in [3.05, 3.63) is 24.3 Å². The molecule has 0 bridgehead atoms. The van der Waals surface area contributed by atoms with Crippen LogP contribution in [0.25, 0.3) is 0 Å². The minimum atomic E-state index is -5.12. The number of ether oxygens (including phenoxy) is 2. The molecule has 0 saturated heterocycles. The van der Waals surface area contributed by atoms with Crippen LogP contribution in [-0.2, 0) is 32.7 Å². The maximum absolute atomic E-state index is 12.8. The molecule has 8 atom stereocenters. The first kappa shape index (κ1) is 59.3. The van der Waals surface area contributed by atoms with Gasteiger partial charge in [0.2, 0.25) is 0 Å². The third kappa shape index (κ3) is 31.8.